The summed E-state index contributed by atoms with van der Waals surface area (Å²) >= 11 is 5.40. The molecule has 3 fully saturated rings. The zero-order valence-corrected chi connectivity index (χ0v) is 22.2. The number of anilines is 1. The summed E-state index contributed by atoms with van der Waals surface area (Å²) in [5.74, 6) is 0.249. The highest BCUT2D eigenvalue weighted by atomic mass is 32.1. The smallest absolute Gasteiger partial charge is 0.311 e. The first kappa shape index (κ1) is 26.3. The van der Waals surface area contributed by atoms with Crippen molar-refractivity contribution in [2.45, 2.75) is 56.4 Å². The van der Waals surface area contributed by atoms with Crippen LogP contribution in [0.25, 0.3) is 11.2 Å². The van der Waals surface area contributed by atoms with Crippen LogP contribution < -0.4 is 10.6 Å². The minimum Gasteiger partial charge on any atom is -0.468 e. The summed E-state index contributed by atoms with van der Waals surface area (Å²) in [5, 5.41) is 28.1. The van der Waals surface area contributed by atoms with Crippen molar-refractivity contribution in [1.82, 2.24) is 24.8 Å². The number of hydrogen-bond acceptors (Lipinski definition) is 12. The second-order valence-corrected chi connectivity index (χ2v) is 10.7. The number of carbonyl (C=O) groups excluding carboxylic acids is 1. The van der Waals surface area contributed by atoms with E-state index in [4.69, 9.17) is 31.2 Å². The third-order valence-corrected chi connectivity index (χ3v) is 8.16. The van der Waals surface area contributed by atoms with Gasteiger partial charge in [-0.3, -0.25) is 9.36 Å². The van der Waals surface area contributed by atoms with E-state index < -0.39 is 24.5 Å². The van der Waals surface area contributed by atoms with Gasteiger partial charge < -0.3 is 39.8 Å². The normalized spacial score (nSPS) is 35.0. The third kappa shape index (κ3) is 4.95. The van der Waals surface area contributed by atoms with Gasteiger partial charge in [0.05, 0.1) is 31.5 Å². The Kier molecular flexibility index (Phi) is 7.37. The van der Waals surface area contributed by atoms with E-state index in [0.717, 1.165) is 12.8 Å². The zero-order chi connectivity index (χ0) is 27.1. The summed E-state index contributed by atoms with van der Waals surface area (Å²) in [6.07, 6.45) is 4.50. The molecular formula is C25H32N6O7S. The van der Waals surface area contributed by atoms with Crippen LogP contribution in [0, 0.1) is 17.8 Å². The first-order valence-electron chi connectivity index (χ1n) is 13.3. The SMILES string of the molecule is CCOC(=O)C1C2C=CC(C2)C1NC(=S)OC[C@H]1OC(n2cnc3c(NC4CCOC4)ncnc32)C(O)[C@@H]1O. The van der Waals surface area contributed by atoms with Crippen LogP contribution in [0.4, 0.5) is 5.82 Å². The van der Waals surface area contributed by atoms with Crippen molar-refractivity contribution in [3.05, 3.63) is 24.8 Å². The topological polar surface area (TPSA) is 162 Å². The monoisotopic (exact) mass is 560 g/mol. The third-order valence-electron chi connectivity index (χ3n) is 7.92. The highest BCUT2D eigenvalue weighted by Gasteiger charge is 2.50. The van der Waals surface area contributed by atoms with Crippen LogP contribution in [0.3, 0.4) is 0 Å². The molecule has 39 heavy (non-hydrogen) atoms. The number of imidazole rings is 1. The fourth-order valence-electron chi connectivity index (χ4n) is 6.00. The Balaban J connectivity index is 1.09. The lowest BCUT2D eigenvalue weighted by Gasteiger charge is -2.28. The van der Waals surface area contributed by atoms with Crippen LogP contribution in [0.15, 0.2) is 24.8 Å². The number of thiocarbonyl (C=S) groups is 1. The number of carbonyl (C=O) groups is 1. The van der Waals surface area contributed by atoms with Crippen molar-refractivity contribution in [2.24, 2.45) is 17.8 Å². The molecule has 4 aliphatic rings. The Morgan fingerprint density at radius 1 is 1.21 bits per heavy atom. The number of fused-ring (bicyclic) bond motifs is 3. The van der Waals surface area contributed by atoms with Crippen LogP contribution in [0.5, 0.6) is 0 Å². The van der Waals surface area contributed by atoms with Gasteiger partial charge in [0.2, 0.25) is 0 Å². The molecule has 2 aliphatic carbocycles. The van der Waals surface area contributed by atoms with Gasteiger partial charge in [0, 0.05) is 12.6 Å². The van der Waals surface area contributed by atoms with Gasteiger partial charge in [-0.25, -0.2) is 15.0 Å². The zero-order valence-electron chi connectivity index (χ0n) is 21.4. The van der Waals surface area contributed by atoms with E-state index in [9.17, 15) is 15.0 Å². The van der Waals surface area contributed by atoms with E-state index in [0.29, 0.717) is 36.8 Å². The van der Waals surface area contributed by atoms with Gasteiger partial charge >= 0.3 is 5.97 Å². The molecule has 4 heterocycles. The molecule has 0 radical (unpaired) electrons. The first-order valence-corrected chi connectivity index (χ1v) is 13.7. The summed E-state index contributed by atoms with van der Waals surface area (Å²) < 4.78 is 24.0. The van der Waals surface area contributed by atoms with Crippen LogP contribution >= 0.6 is 12.2 Å². The molecule has 14 heteroatoms. The number of rotatable bonds is 8. The van der Waals surface area contributed by atoms with E-state index in [1.54, 1.807) is 11.5 Å². The minimum absolute atomic E-state index is 0.0939. The second-order valence-electron chi connectivity index (χ2n) is 10.3. The predicted molar refractivity (Wildman–Crippen MR) is 140 cm³/mol. The molecule has 1 saturated carbocycles. The number of aromatic nitrogens is 4. The van der Waals surface area contributed by atoms with E-state index in [1.807, 2.05) is 0 Å². The number of ether oxygens (including phenoxy) is 4. The standard InChI is InChI=1S/C25H32N6O7S/c1-2-36-24(34)16-12-3-4-13(7-12)17(16)30-25(39)37-9-15-19(32)20(33)23(38-15)31-11-28-18-21(26-10-27-22(18)31)29-14-5-6-35-8-14/h3-4,10-17,19-20,23,32-33H,2,5-9H2,1H3,(H,30,39)(H,26,27,29)/t12?,13?,14?,15-,16?,17?,19-,20?,23?/m1/s1. The molecule has 2 bridgehead atoms. The fourth-order valence-corrected chi connectivity index (χ4v) is 6.20. The maximum atomic E-state index is 12.5. The van der Waals surface area contributed by atoms with Crippen molar-refractivity contribution < 1.29 is 34.0 Å². The lowest BCUT2D eigenvalue weighted by atomic mass is 9.89. The number of aliphatic hydroxyl groups excluding tert-OH is 2. The van der Waals surface area contributed by atoms with Gasteiger partial charge in [0.25, 0.3) is 5.17 Å². The van der Waals surface area contributed by atoms with E-state index in [1.165, 1.54) is 12.7 Å². The second kappa shape index (κ2) is 10.9. The highest BCUT2D eigenvalue weighted by Crippen LogP contribution is 2.44. The average Bonchev–Trinajstić information content (AvgIpc) is 3.75. The van der Waals surface area contributed by atoms with Crippen molar-refractivity contribution in [1.29, 1.82) is 0 Å². The van der Waals surface area contributed by atoms with Crippen molar-refractivity contribution in [3.8, 4) is 0 Å². The molecule has 2 aromatic heterocycles. The number of hydrogen-bond donors (Lipinski definition) is 4. The van der Waals surface area contributed by atoms with Crippen LogP contribution in [0.2, 0.25) is 0 Å². The van der Waals surface area contributed by atoms with E-state index >= 15 is 0 Å². The quantitative estimate of drug-likeness (QED) is 0.198. The Morgan fingerprint density at radius 3 is 2.85 bits per heavy atom. The fraction of sp³-hybridized carbons (Fsp3) is 0.640. The minimum atomic E-state index is -1.25. The number of nitrogens with one attached hydrogen (secondary N) is 2. The average molecular weight is 561 g/mol. The Morgan fingerprint density at radius 2 is 2.05 bits per heavy atom. The molecule has 9 atom stereocenters. The van der Waals surface area contributed by atoms with Crippen molar-refractivity contribution in [2.75, 3.05) is 31.7 Å². The summed E-state index contributed by atoms with van der Waals surface area (Å²) in [4.78, 5) is 25.6. The summed E-state index contributed by atoms with van der Waals surface area (Å²) in [6.45, 7) is 3.28. The maximum Gasteiger partial charge on any atom is 0.311 e. The molecule has 7 unspecified atom stereocenters. The van der Waals surface area contributed by atoms with Gasteiger partial charge in [0.15, 0.2) is 23.2 Å². The van der Waals surface area contributed by atoms with Crippen LogP contribution in [0.1, 0.15) is 26.0 Å². The summed E-state index contributed by atoms with van der Waals surface area (Å²) in [7, 11) is 0. The molecule has 0 spiro atoms. The van der Waals surface area contributed by atoms with Gasteiger partial charge in [-0.15, -0.1) is 0 Å². The van der Waals surface area contributed by atoms with Crippen LogP contribution in [-0.4, -0.2) is 97.7 Å². The molecular weight excluding hydrogens is 528 g/mol. The molecule has 2 aliphatic heterocycles. The molecule has 13 nitrogen and oxygen atoms in total. The summed E-state index contributed by atoms with van der Waals surface area (Å²) in [5.41, 5.74) is 0.978. The van der Waals surface area contributed by atoms with E-state index in [-0.39, 0.29) is 47.6 Å². The summed E-state index contributed by atoms with van der Waals surface area (Å²) in [6, 6.07) is -0.0970. The number of aliphatic hydroxyl groups is 2. The Bertz CT molecular complexity index is 1250. The van der Waals surface area contributed by atoms with E-state index in [2.05, 4.69) is 37.7 Å². The number of nitrogens with zero attached hydrogens (tertiary/aromatic N) is 4. The van der Waals surface area contributed by atoms with Gasteiger partial charge in [-0.1, -0.05) is 12.2 Å². The number of allylic oxidation sites excluding steroid dienone is 1. The highest BCUT2D eigenvalue weighted by molar-refractivity contribution is 7.80. The molecule has 0 aromatic carbocycles. The molecule has 4 N–H and O–H groups in total. The lowest BCUT2D eigenvalue weighted by Crippen LogP contribution is -2.47. The van der Waals surface area contributed by atoms with Crippen LogP contribution in [-0.2, 0) is 23.7 Å². The number of esters is 1. The van der Waals surface area contributed by atoms with Gasteiger partial charge in [-0.05, 0) is 43.8 Å². The molecule has 0 amide bonds. The first-order chi connectivity index (χ1) is 18.9. The largest absolute Gasteiger partial charge is 0.468 e. The molecule has 210 valence electrons. The Hall–Kier alpha value is -2.91. The van der Waals surface area contributed by atoms with Crippen molar-refractivity contribution in [3.63, 3.8) is 0 Å². The van der Waals surface area contributed by atoms with Gasteiger partial charge in [0.1, 0.15) is 31.2 Å². The van der Waals surface area contributed by atoms with Crippen molar-refractivity contribution >= 4 is 40.3 Å². The molecule has 6 rings (SSSR count). The molecule has 2 aromatic rings. The lowest BCUT2D eigenvalue weighted by molar-refractivity contribution is -0.149. The predicted octanol–water partition coefficient (Wildman–Crippen LogP) is 0.291. The maximum absolute atomic E-state index is 12.5. The van der Waals surface area contributed by atoms with Gasteiger partial charge in [-0.2, -0.15) is 0 Å². The molecule has 2 saturated heterocycles. The Labute approximate surface area is 229 Å².